The van der Waals surface area contributed by atoms with E-state index >= 15 is 0 Å². The van der Waals surface area contributed by atoms with E-state index in [2.05, 4.69) is 10.1 Å². The van der Waals surface area contributed by atoms with Gasteiger partial charge < -0.3 is 4.52 Å². The first kappa shape index (κ1) is 18.7. The summed E-state index contributed by atoms with van der Waals surface area (Å²) in [6, 6.07) is 15.0. The number of piperazine rings is 1. The molecule has 0 aliphatic carbocycles. The molecule has 0 spiro atoms. The van der Waals surface area contributed by atoms with E-state index in [1.54, 1.807) is 0 Å². The molecule has 2 heterocycles. The van der Waals surface area contributed by atoms with E-state index in [1.807, 2.05) is 35.2 Å². The first-order valence-electron chi connectivity index (χ1n) is 8.89. The number of halogens is 1. The monoisotopic (exact) mass is 402 g/mol. The Hall–Kier alpha value is -2.62. The van der Waals surface area contributed by atoms with E-state index in [0.717, 1.165) is 11.6 Å². The van der Waals surface area contributed by atoms with Crippen LogP contribution in [0, 0.1) is 5.82 Å². The molecular formula is C19H19FN4O3S. The van der Waals surface area contributed by atoms with Gasteiger partial charge in [-0.1, -0.05) is 47.6 Å². The van der Waals surface area contributed by atoms with Crippen LogP contribution < -0.4 is 0 Å². The summed E-state index contributed by atoms with van der Waals surface area (Å²) in [6.07, 6.45) is 0. The fourth-order valence-electron chi connectivity index (χ4n) is 3.14. The van der Waals surface area contributed by atoms with Crippen LogP contribution in [0.5, 0.6) is 0 Å². The first-order valence-corrected chi connectivity index (χ1v) is 10.3. The lowest BCUT2D eigenvalue weighted by molar-refractivity contribution is 0.163. The van der Waals surface area contributed by atoms with Crippen LogP contribution in [-0.2, 0) is 16.6 Å². The van der Waals surface area contributed by atoms with Crippen LogP contribution in [0.4, 0.5) is 4.39 Å². The summed E-state index contributed by atoms with van der Waals surface area (Å²) in [4.78, 5) is 6.15. The standard InChI is InChI=1S/C19H19FN4O3S/c20-16-8-4-5-9-17(16)28(25,26)24-12-10-23(11-13-24)14-18-21-19(22-27-18)15-6-2-1-3-7-15/h1-9H,10-14H2. The van der Waals surface area contributed by atoms with Crippen molar-refractivity contribution in [3.63, 3.8) is 0 Å². The summed E-state index contributed by atoms with van der Waals surface area (Å²) in [5.41, 5.74) is 0.873. The van der Waals surface area contributed by atoms with Crippen molar-refractivity contribution in [2.24, 2.45) is 0 Å². The smallest absolute Gasteiger partial charge is 0.246 e. The third-order valence-corrected chi connectivity index (χ3v) is 6.58. The van der Waals surface area contributed by atoms with Gasteiger partial charge in [-0.2, -0.15) is 9.29 Å². The highest BCUT2D eigenvalue weighted by Crippen LogP contribution is 2.21. The Morgan fingerprint density at radius 3 is 2.36 bits per heavy atom. The van der Waals surface area contributed by atoms with E-state index in [4.69, 9.17) is 4.52 Å². The second-order valence-electron chi connectivity index (χ2n) is 6.49. The second kappa shape index (κ2) is 7.78. The van der Waals surface area contributed by atoms with Gasteiger partial charge in [-0.15, -0.1) is 0 Å². The lowest BCUT2D eigenvalue weighted by Crippen LogP contribution is -2.48. The van der Waals surface area contributed by atoms with Crippen molar-refractivity contribution in [3.8, 4) is 11.4 Å². The molecule has 0 radical (unpaired) electrons. The molecule has 0 N–H and O–H groups in total. The Morgan fingerprint density at radius 2 is 1.64 bits per heavy atom. The summed E-state index contributed by atoms with van der Waals surface area (Å²) in [5, 5.41) is 3.99. The van der Waals surface area contributed by atoms with Gasteiger partial charge in [0.25, 0.3) is 0 Å². The molecule has 1 aliphatic rings. The normalized spacial score (nSPS) is 16.3. The van der Waals surface area contributed by atoms with Crippen molar-refractivity contribution in [1.29, 1.82) is 0 Å². The van der Waals surface area contributed by atoms with Crippen LogP contribution in [0.25, 0.3) is 11.4 Å². The van der Waals surface area contributed by atoms with Crippen LogP contribution >= 0.6 is 0 Å². The molecule has 0 amide bonds. The molecule has 3 aromatic rings. The summed E-state index contributed by atoms with van der Waals surface area (Å²) in [6.45, 7) is 1.98. The third-order valence-electron chi connectivity index (χ3n) is 4.64. The van der Waals surface area contributed by atoms with Crippen molar-refractivity contribution in [3.05, 3.63) is 66.3 Å². The number of benzene rings is 2. The van der Waals surface area contributed by atoms with Crippen LogP contribution in [0.15, 0.2) is 64.0 Å². The van der Waals surface area contributed by atoms with Gasteiger partial charge in [0.1, 0.15) is 10.7 Å². The molecule has 1 saturated heterocycles. The Balaban J connectivity index is 1.39. The molecule has 2 aromatic carbocycles. The zero-order valence-corrected chi connectivity index (χ0v) is 15.8. The predicted molar refractivity (Wildman–Crippen MR) is 100 cm³/mol. The van der Waals surface area contributed by atoms with Crippen molar-refractivity contribution in [2.45, 2.75) is 11.4 Å². The van der Waals surface area contributed by atoms with Gasteiger partial charge in [-0.05, 0) is 12.1 Å². The molecule has 1 fully saturated rings. The van der Waals surface area contributed by atoms with Gasteiger partial charge in [0.2, 0.25) is 21.7 Å². The minimum absolute atomic E-state index is 0.274. The minimum atomic E-state index is -3.84. The van der Waals surface area contributed by atoms with E-state index in [1.165, 1.54) is 22.5 Å². The van der Waals surface area contributed by atoms with Crippen LogP contribution in [-0.4, -0.2) is 53.9 Å². The van der Waals surface area contributed by atoms with E-state index < -0.39 is 15.8 Å². The van der Waals surface area contributed by atoms with E-state index in [-0.39, 0.29) is 18.0 Å². The largest absolute Gasteiger partial charge is 0.338 e. The molecule has 1 aromatic heterocycles. The van der Waals surface area contributed by atoms with E-state index in [0.29, 0.717) is 31.3 Å². The lowest BCUT2D eigenvalue weighted by Gasteiger charge is -2.33. The topological polar surface area (TPSA) is 79.5 Å². The molecule has 28 heavy (non-hydrogen) atoms. The molecule has 9 heteroatoms. The summed E-state index contributed by atoms with van der Waals surface area (Å²) in [7, 11) is -3.84. The predicted octanol–water partition coefficient (Wildman–Crippen LogP) is 2.38. The molecule has 1 aliphatic heterocycles. The second-order valence-corrected chi connectivity index (χ2v) is 8.39. The first-order chi connectivity index (χ1) is 13.5. The Morgan fingerprint density at radius 1 is 0.964 bits per heavy atom. The van der Waals surface area contributed by atoms with Crippen molar-refractivity contribution < 1.29 is 17.3 Å². The molecule has 0 saturated carbocycles. The van der Waals surface area contributed by atoms with E-state index in [9.17, 15) is 12.8 Å². The van der Waals surface area contributed by atoms with Gasteiger partial charge in [0.15, 0.2) is 0 Å². The summed E-state index contributed by atoms with van der Waals surface area (Å²) in [5.74, 6) is 0.268. The highest BCUT2D eigenvalue weighted by atomic mass is 32.2. The number of rotatable bonds is 5. The fourth-order valence-corrected chi connectivity index (χ4v) is 4.62. The number of hydrogen-bond donors (Lipinski definition) is 0. The van der Waals surface area contributed by atoms with Gasteiger partial charge in [-0.25, -0.2) is 12.8 Å². The number of hydrogen-bond acceptors (Lipinski definition) is 6. The van der Waals surface area contributed by atoms with Gasteiger partial charge in [0, 0.05) is 31.7 Å². The molecular weight excluding hydrogens is 383 g/mol. The molecule has 146 valence electrons. The van der Waals surface area contributed by atoms with Gasteiger partial charge in [-0.3, -0.25) is 4.90 Å². The zero-order valence-electron chi connectivity index (χ0n) is 15.0. The highest BCUT2D eigenvalue weighted by Gasteiger charge is 2.30. The maximum atomic E-state index is 13.9. The number of aromatic nitrogens is 2. The molecule has 7 nitrogen and oxygen atoms in total. The van der Waals surface area contributed by atoms with Crippen molar-refractivity contribution in [2.75, 3.05) is 26.2 Å². The number of sulfonamides is 1. The summed E-state index contributed by atoms with van der Waals surface area (Å²) >= 11 is 0. The minimum Gasteiger partial charge on any atom is -0.338 e. The Kier molecular flexibility index (Phi) is 5.21. The highest BCUT2D eigenvalue weighted by molar-refractivity contribution is 7.89. The van der Waals surface area contributed by atoms with Crippen molar-refractivity contribution >= 4 is 10.0 Å². The van der Waals surface area contributed by atoms with Crippen LogP contribution in [0.3, 0.4) is 0 Å². The molecule has 0 bridgehead atoms. The van der Waals surface area contributed by atoms with Crippen LogP contribution in [0.1, 0.15) is 5.89 Å². The Labute approximate surface area is 162 Å². The lowest BCUT2D eigenvalue weighted by atomic mass is 10.2. The van der Waals surface area contributed by atoms with Crippen molar-refractivity contribution in [1.82, 2.24) is 19.3 Å². The zero-order chi connectivity index (χ0) is 19.6. The SMILES string of the molecule is O=S(=O)(c1ccccc1F)N1CCN(Cc2nc(-c3ccccc3)no2)CC1. The fraction of sp³-hybridized carbons (Fsp3) is 0.263. The maximum Gasteiger partial charge on any atom is 0.246 e. The van der Waals surface area contributed by atoms with Gasteiger partial charge in [0.05, 0.1) is 6.54 Å². The number of nitrogens with zero attached hydrogens (tertiary/aromatic N) is 4. The average molecular weight is 402 g/mol. The van der Waals surface area contributed by atoms with Gasteiger partial charge >= 0.3 is 0 Å². The Bertz CT molecular complexity index is 1050. The average Bonchev–Trinajstić information content (AvgIpc) is 3.18. The summed E-state index contributed by atoms with van der Waals surface area (Å²) < 4.78 is 45.8. The molecule has 4 rings (SSSR count). The maximum absolute atomic E-state index is 13.9. The molecule has 0 atom stereocenters. The third kappa shape index (κ3) is 3.82. The van der Waals surface area contributed by atoms with Crippen LogP contribution in [0.2, 0.25) is 0 Å². The molecule has 0 unspecified atom stereocenters. The quantitative estimate of drug-likeness (QED) is 0.652.